The summed E-state index contributed by atoms with van der Waals surface area (Å²) in [5.41, 5.74) is 4.98. The molecule has 2 aliphatic rings. The highest BCUT2D eigenvalue weighted by Gasteiger charge is 2.27. The SMILES string of the molecule is O=C(O)C1CCc2ccccc21.OCC1CCc2ccccc21. The Balaban J connectivity index is 0.000000136. The maximum absolute atomic E-state index is 10.8. The van der Waals surface area contributed by atoms with E-state index in [1.807, 2.05) is 30.3 Å². The molecule has 0 amide bonds. The summed E-state index contributed by atoms with van der Waals surface area (Å²) in [4.78, 5) is 10.8. The first-order chi connectivity index (χ1) is 11.2. The predicted octanol–water partition coefficient (Wildman–Crippen LogP) is 3.51. The first-order valence-corrected chi connectivity index (χ1v) is 8.20. The fraction of sp³-hybridized carbons (Fsp3) is 0.350. The Morgan fingerprint density at radius 1 is 0.913 bits per heavy atom. The Morgan fingerprint density at radius 3 is 2.13 bits per heavy atom. The van der Waals surface area contributed by atoms with Crippen LogP contribution in [0.4, 0.5) is 0 Å². The van der Waals surface area contributed by atoms with Crippen molar-refractivity contribution < 1.29 is 15.0 Å². The highest BCUT2D eigenvalue weighted by Crippen LogP contribution is 2.33. The average Bonchev–Trinajstić information content (AvgIpc) is 3.19. The minimum absolute atomic E-state index is 0.263. The molecule has 0 fully saturated rings. The van der Waals surface area contributed by atoms with E-state index in [2.05, 4.69) is 18.2 Å². The molecule has 2 N–H and O–H groups in total. The van der Waals surface area contributed by atoms with Gasteiger partial charge in [-0.15, -0.1) is 0 Å². The lowest BCUT2D eigenvalue weighted by molar-refractivity contribution is -0.138. The highest BCUT2D eigenvalue weighted by molar-refractivity contribution is 5.77. The molecule has 23 heavy (non-hydrogen) atoms. The standard InChI is InChI=1S/C10H10O2.C10H12O/c11-10(12)9-6-5-7-3-1-2-4-8(7)9;11-7-9-6-5-8-3-1-2-4-10(8)9/h1-4,9H,5-6H2,(H,11,12);1-4,9,11H,5-7H2. The summed E-state index contributed by atoms with van der Waals surface area (Å²) in [5, 5.41) is 17.9. The van der Waals surface area contributed by atoms with Crippen LogP contribution in [0.1, 0.15) is 46.9 Å². The number of carboxylic acids is 1. The summed E-state index contributed by atoms with van der Waals surface area (Å²) in [6.07, 6.45) is 3.93. The maximum atomic E-state index is 10.8. The van der Waals surface area contributed by atoms with Gasteiger partial charge in [-0.1, -0.05) is 48.5 Å². The fourth-order valence-electron chi connectivity index (χ4n) is 3.65. The van der Waals surface area contributed by atoms with Gasteiger partial charge in [0.05, 0.1) is 5.92 Å². The van der Waals surface area contributed by atoms with Crippen LogP contribution in [-0.4, -0.2) is 22.8 Å². The summed E-state index contributed by atoms with van der Waals surface area (Å²) < 4.78 is 0. The van der Waals surface area contributed by atoms with Gasteiger partial charge in [0, 0.05) is 12.5 Å². The molecule has 2 atom stereocenters. The molecule has 0 aliphatic heterocycles. The number of aryl methyl sites for hydroxylation is 2. The van der Waals surface area contributed by atoms with Gasteiger partial charge in [-0.3, -0.25) is 4.79 Å². The molecule has 2 unspecified atom stereocenters. The van der Waals surface area contributed by atoms with Crippen molar-refractivity contribution in [3.63, 3.8) is 0 Å². The van der Waals surface area contributed by atoms with E-state index in [-0.39, 0.29) is 5.92 Å². The lowest BCUT2D eigenvalue weighted by Crippen LogP contribution is -2.07. The summed E-state index contributed by atoms with van der Waals surface area (Å²) in [5.74, 6) is -0.549. The second-order valence-electron chi connectivity index (χ2n) is 6.25. The van der Waals surface area contributed by atoms with Crippen LogP contribution in [-0.2, 0) is 17.6 Å². The minimum atomic E-state index is -0.694. The van der Waals surface area contributed by atoms with Gasteiger partial charge in [-0.05, 0) is 47.9 Å². The van der Waals surface area contributed by atoms with Crippen molar-refractivity contribution in [2.24, 2.45) is 0 Å². The molecule has 120 valence electrons. The van der Waals surface area contributed by atoms with E-state index in [0.717, 1.165) is 31.2 Å². The van der Waals surface area contributed by atoms with Crippen molar-refractivity contribution in [2.45, 2.75) is 37.5 Å². The van der Waals surface area contributed by atoms with Crippen LogP contribution < -0.4 is 0 Å². The van der Waals surface area contributed by atoms with E-state index in [9.17, 15) is 4.79 Å². The molecular formula is C20H22O3. The normalized spacial score (nSPS) is 21.1. The van der Waals surface area contributed by atoms with Crippen molar-refractivity contribution in [1.82, 2.24) is 0 Å². The summed E-state index contributed by atoms with van der Waals surface area (Å²) in [7, 11) is 0. The molecule has 2 aliphatic carbocycles. The van der Waals surface area contributed by atoms with Gasteiger partial charge in [0.25, 0.3) is 0 Å². The molecule has 3 nitrogen and oxygen atoms in total. The van der Waals surface area contributed by atoms with E-state index in [0.29, 0.717) is 12.5 Å². The minimum Gasteiger partial charge on any atom is -0.481 e. The zero-order valence-electron chi connectivity index (χ0n) is 13.1. The highest BCUT2D eigenvalue weighted by atomic mass is 16.4. The number of fused-ring (bicyclic) bond motifs is 2. The van der Waals surface area contributed by atoms with E-state index in [4.69, 9.17) is 10.2 Å². The third-order valence-corrected chi connectivity index (χ3v) is 4.91. The number of hydrogen-bond acceptors (Lipinski definition) is 2. The van der Waals surface area contributed by atoms with Gasteiger partial charge in [0.15, 0.2) is 0 Å². The van der Waals surface area contributed by atoms with Crippen LogP contribution >= 0.6 is 0 Å². The zero-order valence-corrected chi connectivity index (χ0v) is 13.1. The van der Waals surface area contributed by atoms with Crippen LogP contribution in [0.15, 0.2) is 48.5 Å². The number of carbonyl (C=O) groups is 1. The Bertz CT molecular complexity index is 693. The number of aliphatic carboxylic acids is 1. The molecule has 0 spiro atoms. The molecule has 0 radical (unpaired) electrons. The van der Waals surface area contributed by atoms with Crippen molar-refractivity contribution in [2.75, 3.05) is 6.61 Å². The van der Waals surface area contributed by atoms with E-state index >= 15 is 0 Å². The first kappa shape index (κ1) is 15.8. The lowest BCUT2D eigenvalue weighted by Gasteiger charge is -2.05. The van der Waals surface area contributed by atoms with Crippen LogP contribution in [0, 0.1) is 0 Å². The average molecular weight is 310 g/mol. The first-order valence-electron chi connectivity index (χ1n) is 8.20. The van der Waals surface area contributed by atoms with Gasteiger partial charge in [-0.2, -0.15) is 0 Å². The molecule has 2 aromatic carbocycles. The van der Waals surface area contributed by atoms with Gasteiger partial charge in [0.1, 0.15) is 0 Å². The molecule has 2 aromatic rings. The molecule has 0 saturated heterocycles. The van der Waals surface area contributed by atoms with Crippen LogP contribution in [0.2, 0.25) is 0 Å². The van der Waals surface area contributed by atoms with E-state index in [1.54, 1.807) is 0 Å². The predicted molar refractivity (Wildman–Crippen MR) is 89.7 cm³/mol. The maximum Gasteiger partial charge on any atom is 0.310 e. The third-order valence-electron chi connectivity index (χ3n) is 4.91. The second kappa shape index (κ2) is 6.97. The van der Waals surface area contributed by atoms with Gasteiger partial charge in [0.2, 0.25) is 0 Å². The summed E-state index contributed by atoms with van der Waals surface area (Å²) in [6, 6.07) is 16.2. The van der Waals surface area contributed by atoms with Crippen molar-refractivity contribution in [3.05, 3.63) is 70.8 Å². The van der Waals surface area contributed by atoms with Crippen LogP contribution in [0.5, 0.6) is 0 Å². The Kier molecular flexibility index (Phi) is 4.77. The Hall–Kier alpha value is -2.13. The lowest BCUT2D eigenvalue weighted by atomic mass is 10.0. The molecule has 3 heteroatoms. The number of aliphatic hydroxyl groups excluding tert-OH is 1. The molecule has 0 aromatic heterocycles. The Morgan fingerprint density at radius 2 is 1.48 bits per heavy atom. The van der Waals surface area contributed by atoms with E-state index < -0.39 is 5.97 Å². The number of aliphatic hydroxyl groups is 1. The second-order valence-corrected chi connectivity index (χ2v) is 6.25. The smallest absolute Gasteiger partial charge is 0.310 e. The monoisotopic (exact) mass is 310 g/mol. The van der Waals surface area contributed by atoms with Crippen molar-refractivity contribution >= 4 is 5.97 Å². The molecule has 0 saturated carbocycles. The molecule has 0 heterocycles. The summed E-state index contributed by atoms with van der Waals surface area (Å²) >= 11 is 0. The van der Waals surface area contributed by atoms with Crippen LogP contribution in [0.3, 0.4) is 0 Å². The zero-order chi connectivity index (χ0) is 16.2. The third kappa shape index (κ3) is 3.30. The van der Waals surface area contributed by atoms with Crippen molar-refractivity contribution in [3.8, 4) is 0 Å². The number of benzene rings is 2. The topological polar surface area (TPSA) is 57.5 Å². The molecule has 4 rings (SSSR count). The van der Waals surface area contributed by atoms with Gasteiger partial charge >= 0.3 is 5.97 Å². The van der Waals surface area contributed by atoms with E-state index in [1.165, 1.54) is 16.7 Å². The van der Waals surface area contributed by atoms with Gasteiger partial charge < -0.3 is 10.2 Å². The Labute approximate surface area is 136 Å². The number of hydrogen-bond donors (Lipinski definition) is 2. The molecule has 0 bridgehead atoms. The van der Waals surface area contributed by atoms with Gasteiger partial charge in [-0.25, -0.2) is 0 Å². The largest absolute Gasteiger partial charge is 0.481 e. The number of carboxylic acid groups (broad SMARTS) is 1. The fourth-order valence-corrected chi connectivity index (χ4v) is 3.65. The number of rotatable bonds is 2. The van der Waals surface area contributed by atoms with Crippen molar-refractivity contribution in [1.29, 1.82) is 0 Å². The quantitative estimate of drug-likeness (QED) is 0.892. The summed E-state index contributed by atoms with van der Waals surface area (Å²) in [6.45, 7) is 0.303. The molecular weight excluding hydrogens is 288 g/mol. The van der Waals surface area contributed by atoms with Crippen LogP contribution in [0.25, 0.3) is 0 Å².